The van der Waals surface area contributed by atoms with Gasteiger partial charge in [0.2, 0.25) is 0 Å². The summed E-state index contributed by atoms with van der Waals surface area (Å²) < 4.78 is 4.70. The number of hydrogen-bond acceptors (Lipinski definition) is 3. The van der Waals surface area contributed by atoms with E-state index in [0.29, 0.717) is 12.8 Å². The van der Waals surface area contributed by atoms with E-state index in [1.165, 1.54) is 7.11 Å². The number of rotatable bonds is 6. The number of hydrogen-bond donors (Lipinski definition) is 1. The molecule has 0 aliphatic heterocycles. The minimum atomic E-state index is -0.747. The Morgan fingerprint density at radius 3 is 2.46 bits per heavy atom. The van der Waals surface area contributed by atoms with Crippen LogP contribution in [0.5, 0.6) is 0 Å². The number of Topliss-reactive ketones (excluding diaryl/α,β-unsaturated/α-hetero) is 1. The molecule has 1 atom stereocenters. The van der Waals surface area contributed by atoms with E-state index in [2.05, 4.69) is 0 Å². The minimum Gasteiger partial charge on any atom is -0.390 e. The Balaban J connectivity index is 3.81. The Kier molecular flexibility index (Phi) is 5.18. The van der Waals surface area contributed by atoms with Crippen molar-refractivity contribution in [1.29, 1.82) is 0 Å². The molecule has 0 radical (unpaired) electrons. The molecule has 0 amide bonds. The first-order chi connectivity index (χ1) is 5.90. The van der Waals surface area contributed by atoms with Gasteiger partial charge in [-0.15, -0.1) is 0 Å². The third-order valence-electron chi connectivity index (χ3n) is 2.46. The number of carbonyl (C=O) groups is 1. The summed E-state index contributed by atoms with van der Waals surface area (Å²) in [5.41, 5.74) is -0.747. The topological polar surface area (TPSA) is 46.5 Å². The predicted molar refractivity (Wildman–Crippen MR) is 51.6 cm³/mol. The first kappa shape index (κ1) is 12.6. The molecular weight excluding hydrogens is 168 g/mol. The van der Waals surface area contributed by atoms with E-state index in [4.69, 9.17) is 4.74 Å². The number of carbonyl (C=O) groups excluding carboxylic acids is 1. The van der Waals surface area contributed by atoms with Gasteiger partial charge in [-0.3, -0.25) is 4.79 Å². The third-order valence-corrected chi connectivity index (χ3v) is 2.46. The van der Waals surface area contributed by atoms with Crippen molar-refractivity contribution >= 4 is 5.78 Å². The van der Waals surface area contributed by atoms with Crippen molar-refractivity contribution in [1.82, 2.24) is 0 Å². The van der Waals surface area contributed by atoms with Crippen LogP contribution in [0.1, 0.15) is 33.6 Å². The van der Waals surface area contributed by atoms with Gasteiger partial charge >= 0.3 is 0 Å². The molecule has 3 heteroatoms. The van der Waals surface area contributed by atoms with Gasteiger partial charge in [-0.2, -0.15) is 0 Å². The summed E-state index contributed by atoms with van der Waals surface area (Å²) in [6.07, 6.45) is 0.895. The van der Waals surface area contributed by atoms with Crippen molar-refractivity contribution in [3.63, 3.8) is 0 Å². The molecule has 0 aromatic carbocycles. The molecule has 0 saturated carbocycles. The molecule has 0 aromatic heterocycles. The van der Waals surface area contributed by atoms with Gasteiger partial charge in [-0.25, -0.2) is 0 Å². The molecule has 0 fully saturated rings. The average molecular weight is 188 g/mol. The van der Waals surface area contributed by atoms with Crippen LogP contribution in [0.4, 0.5) is 0 Å². The Labute approximate surface area is 80.1 Å². The van der Waals surface area contributed by atoms with Crippen LogP contribution >= 0.6 is 0 Å². The van der Waals surface area contributed by atoms with E-state index >= 15 is 0 Å². The zero-order valence-corrected chi connectivity index (χ0v) is 8.96. The summed E-state index contributed by atoms with van der Waals surface area (Å²) in [5, 5.41) is 9.82. The maximum absolute atomic E-state index is 11.1. The third kappa shape index (κ3) is 5.01. The highest BCUT2D eigenvalue weighted by Gasteiger charge is 2.25. The van der Waals surface area contributed by atoms with Crippen LogP contribution in [0.2, 0.25) is 0 Å². The van der Waals surface area contributed by atoms with Crippen molar-refractivity contribution in [3.8, 4) is 0 Å². The fraction of sp³-hybridized carbons (Fsp3) is 0.900. The molecule has 78 valence electrons. The van der Waals surface area contributed by atoms with Crippen LogP contribution in [0.15, 0.2) is 0 Å². The molecule has 3 nitrogen and oxygen atoms in total. The summed E-state index contributed by atoms with van der Waals surface area (Å²) in [7, 11) is 1.50. The zero-order valence-electron chi connectivity index (χ0n) is 8.96. The van der Waals surface area contributed by atoms with Crippen molar-refractivity contribution in [3.05, 3.63) is 0 Å². The van der Waals surface area contributed by atoms with E-state index in [-0.39, 0.29) is 18.3 Å². The highest BCUT2D eigenvalue weighted by molar-refractivity contribution is 5.79. The average Bonchev–Trinajstić information content (AvgIpc) is 2.01. The van der Waals surface area contributed by atoms with Crippen molar-refractivity contribution in [2.45, 2.75) is 39.2 Å². The zero-order chi connectivity index (χ0) is 10.5. The quantitative estimate of drug-likeness (QED) is 0.685. The molecule has 1 unspecified atom stereocenters. The summed E-state index contributed by atoms with van der Waals surface area (Å²) in [4.78, 5) is 11.1. The Morgan fingerprint density at radius 2 is 2.08 bits per heavy atom. The first-order valence-electron chi connectivity index (χ1n) is 4.63. The van der Waals surface area contributed by atoms with Crippen LogP contribution in [-0.4, -0.2) is 30.2 Å². The maximum Gasteiger partial charge on any atom is 0.158 e. The normalized spacial score (nSPS) is 15.8. The van der Waals surface area contributed by atoms with Crippen molar-refractivity contribution < 1.29 is 14.6 Å². The van der Waals surface area contributed by atoms with Gasteiger partial charge in [-0.1, -0.05) is 13.8 Å². The molecule has 0 spiro atoms. The van der Waals surface area contributed by atoms with Crippen LogP contribution in [0.3, 0.4) is 0 Å². The second kappa shape index (κ2) is 5.35. The highest BCUT2D eigenvalue weighted by atomic mass is 16.5. The molecule has 0 rings (SSSR count). The molecular formula is C10H20O3. The van der Waals surface area contributed by atoms with E-state index in [9.17, 15) is 9.90 Å². The first-order valence-corrected chi connectivity index (χ1v) is 4.63. The van der Waals surface area contributed by atoms with Gasteiger partial charge in [0.05, 0.1) is 5.60 Å². The minimum absolute atomic E-state index is 0.0448. The second-order valence-corrected chi connectivity index (χ2v) is 3.98. The monoisotopic (exact) mass is 188 g/mol. The summed E-state index contributed by atoms with van der Waals surface area (Å²) in [6, 6.07) is 0. The van der Waals surface area contributed by atoms with Gasteiger partial charge < -0.3 is 9.84 Å². The lowest BCUT2D eigenvalue weighted by molar-refractivity contribution is -0.124. The number of methoxy groups -OCH3 is 1. The molecule has 0 aliphatic rings. The van der Waals surface area contributed by atoms with Gasteiger partial charge in [-0.05, 0) is 19.3 Å². The van der Waals surface area contributed by atoms with E-state index in [0.717, 1.165) is 0 Å². The Morgan fingerprint density at radius 1 is 1.54 bits per heavy atom. The summed E-state index contributed by atoms with van der Waals surface area (Å²) in [5.74, 6) is 0.214. The van der Waals surface area contributed by atoms with E-state index < -0.39 is 5.60 Å². The SMILES string of the molecule is COCC(=O)CCC(C)(O)C(C)C. The predicted octanol–water partition coefficient (Wildman–Crippen LogP) is 1.39. The van der Waals surface area contributed by atoms with Crippen molar-refractivity contribution in [2.75, 3.05) is 13.7 Å². The van der Waals surface area contributed by atoms with Crippen LogP contribution in [0, 0.1) is 5.92 Å². The van der Waals surface area contributed by atoms with Gasteiger partial charge in [0.25, 0.3) is 0 Å². The molecule has 1 N–H and O–H groups in total. The van der Waals surface area contributed by atoms with E-state index in [1.807, 2.05) is 13.8 Å². The molecule has 0 bridgehead atoms. The lowest BCUT2D eigenvalue weighted by atomic mass is 9.87. The highest BCUT2D eigenvalue weighted by Crippen LogP contribution is 2.21. The standard InChI is InChI=1S/C10H20O3/c1-8(2)10(3,12)6-5-9(11)7-13-4/h8,12H,5-7H2,1-4H3. The molecule has 0 saturated heterocycles. The second-order valence-electron chi connectivity index (χ2n) is 3.98. The van der Waals surface area contributed by atoms with Gasteiger partial charge in [0.1, 0.15) is 6.61 Å². The van der Waals surface area contributed by atoms with Gasteiger partial charge in [0, 0.05) is 13.5 Å². The lowest BCUT2D eigenvalue weighted by Crippen LogP contribution is -2.31. The largest absolute Gasteiger partial charge is 0.390 e. The fourth-order valence-corrected chi connectivity index (χ4v) is 0.914. The van der Waals surface area contributed by atoms with Crippen LogP contribution in [-0.2, 0) is 9.53 Å². The van der Waals surface area contributed by atoms with Crippen LogP contribution in [0.25, 0.3) is 0 Å². The van der Waals surface area contributed by atoms with E-state index in [1.54, 1.807) is 6.92 Å². The fourth-order valence-electron chi connectivity index (χ4n) is 0.914. The van der Waals surface area contributed by atoms with Gasteiger partial charge in [0.15, 0.2) is 5.78 Å². The maximum atomic E-state index is 11.1. The molecule has 0 aromatic rings. The smallest absolute Gasteiger partial charge is 0.158 e. The number of ketones is 1. The lowest BCUT2D eigenvalue weighted by Gasteiger charge is -2.27. The van der Waals surface area contributed by atoms with Crippen LogP contribution < -0.4 is 0 Å². The summed E-state index contributed by atoms with van der Waals surface area (Å²) >= 11 is 0. The number of ether oxygens (including phenoxy) is 1. The van der Waals surface area contributed by atoms with Crippen molar-refractivity contribution in [2.24, 2.45) is 5.92 Å². The number of aliphatic hydroxyl groups is 1. The molecule has 0 aliphatic carbocycles. The molecule has 0 heterocycles. The summed E-state index contributed by atoms with van der Waals surface area (Å²) in [6.45, 7) is 5.80. The Bertz CT molecular complexity index is 162. The molecule has 13 heavy (non-hydrogen) atoms. The Hall–Kier alpha value is -0.410.